The predicted molar refractivity (Wildman–Crippen MR) is 149 cm³/mol. The monoisotopic (exact) mass is 548 g/mol. The number of alkyl halides is 2. The molecule has 5 heterocycles. The predicted octanol–water partition coefficient (Wildman–Crippen LogP) is 4.85. The number of aromatic nitrogens is 2. The van der Waals surface area contributed by atoms with Crippen molar-refractivity contribution in [3.63, 3.8) is 0 Å². The highest BCUT2D eigenvalue weighted by molar-refractivity contribution is 5.64. The van der Waals surface area contributed by atoms with Gasteiger partial charge in [-0.05, 0) is 69.0 Å². The molecule has 40 heavy (non-hydrogen) atoms. The minimum Gasteiger partial charge on any atom is -0.398 e. The van der Waals surface area contributed by atoms with Crippen LogP contribution in [0.2, 0.25) is 0 Å². The quantitative estimate of drug-likeness (QED) is 0.546. The fraction of sp³-hybridized carbons (Fsp3) is 0.645. The molecule has 2 aromatic rings. The van der Waals surface area contributed by atoms with Crippen LogP contribution in [0.5, 0.6) is 0 Å². The molecule has 4 aliphatic heterocycles. The van der Waals surface area contributed by atoms with Crippen molar-refractivity contribution in [3.8, 4) is 6.07 Å². The number of halogens is 2. The molecule has 1 spiro atoms. The van der Waals surface area contributed by atoms with E-state index in [2.05, 4.69) is 17.9 Å². The zero-order valence-electron chi connectivity index (χ0n) is 23.3. The molecule has 5 aliphatic rings. The molecular weight excluding hydrogens is 510 g/mol. The molecule has 0 radical (unpaired) electrons. The molecular formula is C31H38F2N6O. The van der Waals surface area contributed by atoms with E-state index in [1.54, 1.807) is 0 Å². The van der Waals surface area contributed by atoms with Crippen molar-refractivity contribution in [1.29, 1.82) is 5.26 Å². The molecule has 7 rings (SSSR count). The van der Waals surface area contributed by atoms with Gasteiger partial charge in [0.25, 0.3) is 0 Å². The second kappa shape index (κ2) is 9.63. The third-order valence-corrected chi connectivity index (χ3v) is 10.4. The van der Waals surface area contributed by atoms with Crippen LogP contribution in [0.4, 0.5) is 20.3 Å². The fourth-order valence-electron chi connectivity index (χ4n) is 8.34. The van der Waals surface area contributed by atoms with Crippen molar-refractivity contribution >= 4 is 11.5 Å². The van der Waals surface area contributed by atoms with Gasteiger partial charge in [0.15, 0.2) is 0 Å². The van der Waals surface area contributed by atoms with Crippen LogP contribution in [0.1, 0.15) is 91.6 Å². The summed E-state index contributed by atoms with van der Waals surface area (Å²) < 4.78 is 35.5. The van der Waals surface area contributed by atoms with Crippen LogP contribution >= 0.6 is 0 Å². The van der Waals surface area contributed by atoms with Crippen molar-refractivity contribution in [2.24, 2.45) is 0 Å². The second-order valence-electron chi connectivity index (χ2n) is 12.8. The van der Waals surface area contributed by atoms with Gasteiger partial charge in [0.2, 0.25) is 0 Å². The zero-order chi connectivity index (χ0) is 27.6. The first-order valence-electron chi connectivity index (χ1n) is 14.9. The number of anilines is 2. The maximum atomic E-state index is 14.4. The SMILES string of the molecule is CC1CCC2(Cc3nc(CCC45CCCN4CC(F)C5)nc(N4CCC(F)C4)c3CO2)c2c1ccc(N)c2C#N. The van der Waals surface area contributed by atoms with Crippen LogP contribution in [0, 0.1) is 11.3 Å². The molecule has 5 unspecified atom stereocenters. The number of nitriles is 1. The second-order valence-corrected chi connectivity index (χ2v) is 12.8. The summed E-state index contributed by atoms with van der Waals surface area (Å²) in [5.74, 6) is 1.83. The van der Waals surface area contributed by atoms with Crippen molar-refractivity contribution < 1.29 is 13.5 Å². The third-order valence-electron chi connectivity index (χ3n) is 10.4. The molecule has 0 amide bonds. The Labute approximate surface area is 234 Å². The number of fused-ring (bicyclic) bond motifs is 4. The number of nitrogens with zero attached hydrogens (tertiary/aromatic N) is 5. The van der Waals surface area contributed by atoms with Crippen molar-refractivity contribution in [2.75, 3.05) is 36.8 Å². The Bertz CT molecular complexity index is 1380. The summed E-state index contributed by atoms with van der Waals surface area (Å²) in [7, 11) is 0. The maximum absolute atomic E-state index is 14.4. The highest BCUT2D eigenvalue weighted by Gasteiger charge is 2.49. The van der Waals surface area contributed by atoms with Gasteiger partial charge in [-0.2, -0.15) is 5.26 Å². The molecule has 1 aromatic carbocycles. The standard InChI is InChI=1S/C31H38F2N6O/c1-19-5-10-31(28-22(19)3-4-25(35)23(28)15-34)14-26-24(18-40-31)29(38-12-7-20(32)16-38)37-27(36-26)6-9-30-8-2-11-39(30)17-21(33)13-30/h3-4,19-21H,2,5-14,16-18,35H2,1H3. The molecule has 0 saturated carbocycles. The van der Waals surface area contributed by atoms with Gasteiger partial charge in [0.1, 0.15) is 35.7 Å². The summed E-state index contributed by atoms with van der Waals surface area (Å²) in [6, 6.07) is 6.24. The van der Waals surface area contributed by atoms with Gasteiger partial charge in [-0.3, -0.25) is 4.90 Å². The number of hydrogen-bond acceptors (Lipinski definition) is 7. The van der Waals surface area contributed by atoms with Gasteiger partial charge in [0.05, 0.1) is 24.4 Å². The van der Waals surface area contributed by atoms with E-state index in [-0.39, 0.29) is 5.54 Å². The Balaban J connectivity index is 1.27. The first kappa shape index (κ1) is 26.1. The molecule has 5 atom stereocenters. The Kier molecular flexibility index (Phi) is 6.28. The molecule has 7 nitrogen and oxygen atoms in total. The number of rotatable bonds is 4. The molecule has 3 fully saturated rings. The number of nitrogens with two attached hydrogens (primary N) is 1. The lowest BCUT2D eigenvalue weighted by molar-refractivity contribution is -0.0872. The van der Waals surface area contributed by atoms with Crippen LogP contribution in [0.25, 0.3) is 0 Å². The topological polar surface area (TPSA) is 91.3 Å². The number of aryl methyl sites for hydroxylation is 1. The van der Waals surface area contributed by atoms with E-state index in [1.807, 2.05) is 17.0 Å². The number of hydrogen-bond donors (Lipinski definition) is 1. The van der Waals surface area contributed by atoms with Crippen LogP contribution in [0.3, 0.4) is 0 Å². The first-order chi connectivity index (χ1) is 19.3. The van der Waals surface area contributed by atoms with Gasteiger partial charge in [-0.15, -0.1) is 0 Å². The molecule has 0 bridgehead atoms. The van der Waals surface area contributed by atoms with E-state index >= 15 is 0 Å². The normalized spacial score (nSPS) is 33.1. The van der Waals surface area contributed by atoms with Crippen LogP contribution in [0.15, 0.2) is 12.1 Å². The Morgan fingerprint density at radius 1 is 1.15 bits per heavy atom. The lowest BCUT2D eigenvalue weighted by atomic mass is 9.69. The molecule has 1 aliphatic carbocycles. The Morgan fingerprint density at radius 3 is 2.83 bits per heavy atom. The lowest BCUT2D eigenvalue weighted by Crippen LogP contribution is -2.42. The largest absolute Gasteiger partial charge is 0.398 e. The number of nitrogen functional groups attached to an aromatic ring is 1. The average molecular weight is 549 g/mol. The van der Waals surface area contributed by atoms with E-state index in [9.17, 15) is 14.0 Å². The molecule has 3 saturated heterocycles. The van der Waals surface area contributed by atoms with Crippen LogP contribution in [-0.2, 0) is 29.8 Å². The van der Waals surface area contributed by atoms with Gasteiger partial charge >= 0.3 is 0 Å². The smallest absolute Gasteiger partial charge is 0.138 e. The van der Waals surface area contributed by atoms with Crippen LogP contribution in [-0.4, -0.2) is 58.9 Å². The number of ether oxygens (including phenoxy) is 1. The Hall–Kier alpha value is -2.83. The van der Waals surface area contributed by atoms with Gasteiger partial charge in [0, 0.05) is 48.3 Å². The van der Waals surface area contributed by atoms with E-state index in [0.29, 0.717) is 69.1 Å². The van der Waals surface area contributed by atoms with Crippen molar-refractivity contribution in [1.82, 2.24) is 14.9 Å². The molecule has 1 aromatic heterocycles. The summed E-state index contributed by atoms with van der Waals surface area (Å²) in [4.78, 5) is 14.5. The summed E-state index contributed by atoms with van der Waals surface area (Å²) in [6.07, 6.45) is 5.31. The minimum atomic E-state index is -0.872. The van der Waals surface area contributed by atoms with E-state index in [4.69, 9.17) is 20.4 Å². The highest BCUT2D eigenvalue weighted by Crippen LogP contribution is 2.51. The van der Waals surface area contributed by atoms with Crippen molar-refractivity contribution in [3.05, 3.63) is 45.9 Å². The average Bonchev–Trinajstić information content (AvgIpc) is 3.62. The van der Waals surface area contributed by atoms with Gasteiger partial charge < -0.3 is 15.4 Å². The first-order valence-corrected chi connectivity index (χ1v) is 14.9. The minimum absolute atomic E-state index is 0.0987. The molecule has 212 valence electrons. The number of benzene rings is 1. The summed E-state index contributed by atoms with van der Waals surface area (Å²) >= 11 is 0. The summed E-state index contributed by atoms with van der Waals surface area (Å²) in [5, 5.41) is 10.1. The summed E-state index contributed by atoms with van der Waals surface area (Å²) in [6.45, 7) is 4.94. The Morgan fingerprint density at radius 2 is 2.02 bits per heavy atom. The molecule has 9 heteroatoms. The fourth-order valence-corrected chi connectivity index (χ4v) is 8.34. The zero-order valence-corrected chi connectivity index (χ0v) is 23.3. The van der Waals surface area contributed by atoms with Gasteiger partial charge in [-0.25, -0.2) is 18.7 Å². The van der Waals surface area contributed by atoms with E-state index in [1.165, 1.54) is 0 Å². The summed E-state index contributed by atoms with van der Waals surface area (Å²) in [5.41, 5.74) is 10.4. The lowest BCUT2D eigenvalue weighted by Gasteiger charge is -2.45. The maximum Gasteiger partial charge on any atom is 0.138 e. The van der Waals surface area contributed by atoms with Crippen molar-refractivity contribution in [2.45, 2.75) is 101 Å². The van der Waals surface area contributed by atoms with Crippen LogP contribution < -0.4 is 10.6 Å². The van der Waals surface area contributed by atoms with Gasteiger partial charge in [-0.1, -0.05) is 13.0 Å². The third kappa shape index (κ3) is 4.09. The van der Waals surface area contributed by atoms with E-state index in [0.717, 1.165) is 72.7 Å². The highest BCUT2D eigenvalue weighted by atomic mass is 19.1. The van der Waals surface area contributed by atoms with E-state index < -0.39 is 17.9 Å². The molecule has 2 N–H and O–H groups in total.